The normalized spacial score (nSPS) is 12.2. The molecule has 0 fully saturated rings. The molecule has 84 valence electrons. The molecule has 0 spiro atoms. The van der Waals surface area contributed by atoms with Gasteiger partial charge in [-0.3, -0.25) is 4.99 Å². The first-order valence-corrected chi connectivity index (χ1v) is 5.15. The van der Waals surface area contributed by atoms with Gasteiger partial charge >= 0.3 is 0 Å². The first-order valence-electron chi connectivity index (χ1n) is 5.15. The number of rotatable bonds is 6. The van der Waals surface area contributed by atoms with Gasteiger partial charge in [-0.1, -0.05) is 13.8 Å². The Bertz CT molecular complexity index is 169. The van der Waals surface area contributed by atoms with Gasteiger partial charge in [0.2, 0.25) is 0 Å². The quantitative estimate of drug-likeness (QED) is 0.513. The molecule has 0 saturated carbocycles. The monoisotopic (exact) mass is 201 g/mol. The zero-order chi connectivity index (χ0) is 11.0. The molecule has 0 aromatic rings. The predicted octanol–water partition coefficient (Wildman–Crippen LogP) is 0.925. The SMILES string of the molecule is CCN(CCOC)C(N)=NCC(C)C. The molecule has 0 aromatic carbocycles. The standard InChI is InChI=1S/C10H23N3O/c1-5-13(6-7-14-4)10(11)12-8-9(2)3/h9H,5-8H2,1-4H3,(H2,11,12). The second-order valence-electron chi connectivity index (χ2n) is 3.67. The van der Waals surface area contributed by atoms with Crippen LogP contribution in [0.2, 0.25) is 0 Å². The highest BCUT2D eigenvalue weighted by molar-refractivity contribution is 5.78. The summed E-state index contributed by atoms with van der Waals surface area (Å²) in [5, 5.41) is 0. The van der Waals surface area contributed by atoms with E-state index in [1.165, 1.54) is 0 Å². The molecule has 4 nitrogen and oxygen atoms in total. The van der Waals surface area contributed by atoms with Crippen LogP contribution < -0.4 is 5.73 Å². The average molecular weight is 201 g/mol. The van der Waals surface area contributed by atoms with Crippen molar-refractivity contribution in [1.29, 1.82) is 0 Å². The molecule has 4 heteroatoms. The zero-order valence-corrected chi connectivity index (χ0v) is 9.79. The minimum absolute atomic E-state index is 0.551. The minimum Gasteiger partial charge on any atom is -0.383 e. The van der Waals surface area contributed by atoms with E-state index < -0.39 is 0 Å². The first-order chi connectivity index (χ1) is 6.61. The van der Waals surface area contributed by atoms with Gasteiger partial charge in [0.05, 0.1) is 6.61 Å². The van der Waals surface area contributed by atoms with Gasteiger partial charge in [0.25, 0.3) is 0 Å². The Morgan fingerprint density at radius 2 is 2.14 bits per heavy atom. The van der Waals surface area contributed by atoms with Crippen LogP contribution in [0, 0.1) is 5.92 Å². The second kappa shape index (κ2) is 7.62. The van der Waals surface area contributed by atoms with Crippen molar-refractivity contribution in [1.82, 2.24) is 4.90 Å². The fourth-order valence-electron chi connectivity index (χ4n) is 1.01. The first kappa shape index (κ1) is 13.2. The van der Waals surface area contributed by atoms with Gasteiger partial charge in [-0.2, -0.15) is 0 Å². The topological polar surface area (TPSA) is 50.9 Å². The molecule has 0 aliphatic carbocycles. The van der Waals surface area contributed by atoms with Crippen LogP contribution >= 0.6 is 0 Å². The number of nitrogens with two attached hydrogens (primary N) is 1. The lowest BCUT2D eigenvalue weighted by Crippen LogP contribution is -2.39. The molecule has 2 N–H and O–H groups in total. The molecule has 0 amide bonds. The largest absolute Gasteiger partial charge is 0.383 e. The van der Waals surface area contributed by atoms with Crippen molar-refractivity contribution in [3.05, 3.63) is 0 Å². The van der Waals surface area contributed by atoms with Crippen molar-refractivity contribution in [2.45, 2.75) is 20.8 Å². The summed E-state index contributed by atoms with van der Waals surface area (Å²) in [6.07, 6.45) is 0. The van der Waals surface area contributed by atoms with Crippen molar-refractivity contribution >= 4 is 5.96 Å². The summed E-state index contributed by atoms with van der Waals surface area (Å²) in [6, 6.07) is 0. The molecular formula is C10H23N3O. The fraction of sp³-hybridized carbons (Fsp3) is 0.900. The highest BCUT2D eigenvalue weighted by Gasteiger charge is 2.04. The van der Waals surface area contributed by atoms with E-state index in [9.17, 15) is 0 Å². The minimum atomic E-state index is 0.551. The van der Waals surface area contributed by atoms with Crippen LogP contribution in [0.1, 0.15) is 20.8 Å². The Balaban J connectivity index is 4.01. The van der Waals surface area contributed by atoms with Gasteiger partial charge in [-0.25, -0.2) is 0 Å². The van der Waals surface area contributed by atoms with Gasteiger partial charge in [-0.15, -0.1) is 0 Å². The molecule has 0 radical (unpaired) electrons. The molecule has 0 rings (SSSR count). The third-order valence-corrected chi connectivity index (χ3v) is 1.89. The van der Waals surface area contributed by atoms with Crippen molar-refractivity contribution in [2.24, 2.45) is 16.6 Å². The van der Waals surface area contributed by atoms with E-state index in [1.807, 2.05) is 4.90 Å². The maximum absolute atomic E-state index is 5.84. The number of hydrogen-bond acceptors (Lipinski definition) is 2. The number of nitrogens with zero attached hydrogens (tertiary/aromatic N) is 2. The summed E-state index contributed by atoms with van der Waals surface area (Å²) in [6.45, 7) is 9.47. The molecule has 0 aromatic heterocycles. The van der Waals surface area contributed by atoms with Crippen molar-refractivity contribution in [3.8, 4) is 0 Å². The van der Waals surface area contributed by atoms with Crippen molar-refractivity contribution < 1.29 is 4.74 Å². The summed E-state index contributed by atoms with van der Waals surface area (Å²) in [4.78, 5) is 6.33. The van der Waals surface area contributed by atoms with Crippen molar-refractivity contribution in [2.75, 3.05) is 33.4 Å². The highest BCUT2D eigenvalue weighted by atomic mass is 16.5. The Kier molecular flexibility index (Phi) is 7.20. The fourth-order valence-corrected chi connectivity index (χ4v) is 1.01. The van der Waals surface area contributed by atoms with Crippen molar-refractivity contribution in [3.63, 3.8) is 0 Å². The summed E-state index contributed by atoms with van der Waals surface area (Å²) in [5.74, 6) is 1.17. The highest BCUT2D eigenvalue weighted by Crippen LogP contribution is 1.94. The van der Waals surface area contributed by atoms with E-state index in [2.05, 4.69) is 25.8 Å². The predicted molar refractivity (Wildman–Crippen MR) is 60.5 cm³/mol. The van der Waals surface area contributed by atoms with E-state index in [4.69, 9.17) is 10.5 Å². The third kappa shape index (κ3) is 5.80. The molecular weight excluding hydrogens is 178 g/mol. The van der Waals surface area contributed by atoms with Crippen LogP contribution in [0.25, 0.3) is 0 Å². The van der Waals surface area contributed by atoms with E-state index in [0.717, 1.165) is 19.6 Å². The number of aliphatic imine (C=N–C) groups is 1. The Morgan fingerprint density at radius 3 is 2.57 bits per heavy atom. The van der Waals surface area contributed by atoms with Gasteiger partial charge in [0, 0.05) is 26.7 Å². The smallest absolute Gasteiger partial charge is 0.191 e. The number of methoxy groups -OCH3 is 1. The number of guanidine groups is 1. The van der Waals surface area contributed by atoms with E-state index in [-0.39, 0.29) is 0 Å². The molecule has 0 atom stereocenters. The number of likely N-dealkylation sites (N-methyl/N-ethyl adjacent to an activating group) is 1. The van der Waals surface area contributed by atoms with Gasteiger partial charge in [0.1, 0.15) is 0 Å². The van der Waals surface area contributed by atoms with Gasteiger partial charge in [-0.05, 0) is 12.8 Å². The lowest BCUT2D eigenvalue weighted by molar-refractivity contribution is 0.177. The lowest BCUT2D eigenvalue weighted by Gasteiger charge is -2.21. The Labute approximate surface area is 87.1 Å². The summed E-state index contributed by atoms with van der Waals surface area (Å²) < 4.78 is 5.00. The molecule has 0 saturated heterocycles. The number of ether oxygens (including phenoxy) is 1. The zero-order valence-electron chi connectivity index (χ0n) is 9.79. The summed E-state index contributed by atoms with van der Waals surface area (Å²) in [5.41, 5.74) is 5.84. The average Bonchev–Trinajstić information content (AvgIpc) is 2.16. The van der Waals surface area contributed by atoms with E-state index in [0.29, 0.717) is 18.5 Å². The lowest BCUT2D eigenvalue weighted by atomic mass is 10.2. The maximum atomic E-state index is 5.84. The molecule has 0 aliphatic rings. The van der Waals surface area contributed by atoms with Gasteiger partial charge in [0.15, 0.2) is 5.96 Å². The maximum Gasteiger partial charge on any atom is 0.191 e. The van der Waals surface area contributed by atoms with Crippen LogP contribution in [0.5, 0.6) is 0 Å². The molecule has 14 heavy (non-hydrogen) atoms. The van der Waals surface area contributed by atoms with Crippen LogP contribution in [0.3, 0.4) is 0 Å². The number of hydrogen-bond donors (Lipinski definition) is 1. The van der Waals surface area contributed by atoms with Crippen LogP contribution in [-0.4, -0.2) is 44.2 Å². The Morgan fingerprint density at radius 1 is 1.50 bits per heavy atom. The molecule has 0 heterocycles. The molecule has 0 aliphatic heterocycles. The summed E-state index contributed by atoms with van der Waals surface area (Å²) >= 11 is 0. The summed E-state index contributed by atoms with van der Waals surface area (Å²) in [7, 11) is 1.69. The molecule has 0 unspecified atom stereocenters. The van der Waals surface area contributed by atoms with E-state index >= 15 is 0 Å². The van der Waals surface area contributed by atoms with Crippen LogP contribution in [0.15, 0.2) is 4.99 Å². The third-order valence-electron chi connectivity index (χ3n) is 1.89. The van der Waals surface area contributed by atoms with Gasteiger partial charge < -0.3 is 15.4 Å². The molecule has 0 bridgehead atoms. The second-order valence-corrected chi connectivity index (χ2v) is 3.67. The Hall–Kier alpha value is -0.770. The van der Waals surface area contributed by atoms with Crippen LogP contribution in [0.4, 0.5) is 0 Å². The van der Waals surface area contributed by atoms with E-state index in [1.54, 1.807) is 7.11 Å². The van der Waals surface area contributed by atoms with Crippen LogP contribution in [-0.2, 0) is 4.74 Å².